The zero-order valence-electron chi connectivity index (χ0n) is 10.7. The van der Waals surface area contributed by atoms with Gasteiger partial charge in [0, 0.05) is 6.54 Å². The van der Waals surface area contributed by atoms with Crippen LogP contribution in [0.4, 0.5) is 0 Å². The quantitative estimate of drug-likeness (QED) is 0.818. The molecule has 5 nitrogen and oxygen atoms in total. The number of carbonyl (C=O) groups excluding carboxylic acids is 2. The Bertz CT molecular complexity index is 466. The van der Waals surface area contributed by atoms with Crippen molar-refractivity contribution >= 4 is 11.8 Å². The smallest absolute Gasteiger partial charge is 0.264 e. The van der Waals surface area contributed by atoms with Crippen molar-refractivity contribution in [3.8, 4) is 0 Å². The summed E-state index contributed by atoms with van der Waals surface area (Å²) in [5.41, 5.74) is 5.71. The van der Waals surface area contributed by atoms with Crippen molar-refractivity contribution in [2.24, 2.45) is 5.73 Å². The Kier molecular flexibility index (Phi) is 3.26. The molecule has 1 aromatic rings. The fourth-order valence-corrected chi connectivity index (χ4v) is 2.54. The van der Waals surface area contributed by atoms with E-state index in [1.54, 1.807) is 6.07 Å². The Hall–Kier alpha value is -1.62. The molecule has 2 N–H and O–H groups in total. The molecule has 0 saturated heterocycles. The molecule has 18 heavy (non-hydrogen) atoms. The van der Waals surface area contributed by atoms with E-state index in [9.17, 15) is 9.59 Å². The summed E-state index contributed by atoms with van der Waals surface area (Å²) >= 11 is 0. The number of imide groups is 1. The van der Waals surface area contributed by atoms with Gasteiger partial charge in [0.1, 0.15) is 5.76 Å². The summed E-state index contributed by atoms with van der Waals surface area (Å²) in [6.07, 6.45) is 2.90. The summed E-state index contributed by atoms with van der Waals surface area (Å²) in [6, 6.07) is 1.61. The van der Waals surface area contributed by atoms with Crippen LogP contribution in [0.15, 0.2) is 16.7 Å². The van der Waals surface area contributed by atoms with Gasteiger partial charge in [-0.2, -0.15) is 0 Å². The lowest BCUT2D eigenvalue weighted by Gasteiger charge is -2.42. The molecular weight excluding hydrogens is 232 g/mol. The number of carbonyl (C=O) groups is 2. The van der Waals surface area contributed by atoms with Gasteiger partial charge in [-0.1, -0.05) is 13.8 Å². The molecule has 1 aliphatic heterocycles. The molecule has 2 rings (SSSR count). The van der Waals surface area contributed by atoms with Gasteiger partial charge in [-0.15, -0.1) is 0 Å². The number of furan rings is 1. The molecule has 2 heterocycles. The highest BCUT2D eigenvalue weighted by Gasteiger charge is 2.44. The molecule has 98 valence electrons. The molecule has 1 aliphatic rings. The van der Waals surface area contributed by atoms with Crippen LogP contribution < -0.4 is 5.73 Å². The van der Waals surface area contributed by atoms with Crippen LogP contribution in [0, 0.1) is 0 Å². The third kappa shape index (κ3) is 1.66. The summed E-state index contributed by atoms with van der Waals surface area (Å²) in [4.78, 5) is 25.9. The van der Waals surface area contributed by atoms with Gasteiger partial charge in [0.05, 0.1) is 23.8 Å². The molecule has 0 fully saturated rings. The number of hydrogen-bond donors (Lipinski definition) is 1. The summed E-state index contributed by atoms with van der Waals surface area (Å²) in [5.74, 6) is -0.0554. The summed E-state index contributed by atoms with van der Waals surface area (Å²) in [6.45, 7) is 4.17. The van der Waals surface area contributed by atoms with Gasteiger partial charge in [-0.3, -0.25) is 14.5 Å². The Balaban J connectivity index is 2.46. The average molecular weight is 250 g/mol. The minimum Gasteiger partial charge on any atom is -0.468 e. The zero-order chi connectivity index (χ0) is 13.3. The Morgan fingerprint density at radius 3 is 2.61 bits per heavy atom. The second-order valence-electron chi connectivity index (χ2n) is 4.60. The van der Waals surface area contributed by atoms with Crippen LogP contribution >= 0.6 is 0 Å². The third-order valence-corrected chi connectivity index (χ3v) is 3.91. The van der Waals surface area contributed by atoms with E-state index >= 15 is 0 Å². The van der Waals surface area contributed by atoms with Crippen LogP contribution in [0.3, 0.4) is 0 Å². The molecule has 0 saturated carbocycles. The van der Waals surface area contributed by atoms with E-state index < -0.39 is 5.54 Å². The lowest BCUT2D eigenvalue weighted by molar-refractivity contribution is -0.134. The highest BCUT2D eigenvalue weighted by molar-refractivity contribution is 6.09. The first-order valence-corrected chi connectivity index (χ1v) is 6.23. The van der Waals surface area contributed by atoms with Gasteiger partial charge >= 0.3 is 0 Å². The zero-order valence-corrected chi connectivity index (χ0v) is 10.7. The fraction of sp³-hybridized carbons (Fsp3) is 0.538. The Morgan fingerprint density at radius 1 is 1.39 bits per heavy atom. The second-order valence-corrected chi connectivity index (χ2v) is 4.60. The molecular formula is C13H18N2O3. The maximum Gasteiger partial charge on any atom is 0.264 e. The minimum atomic E-state index is -0.580. The van der Waals surface area contributed by atoms with Gasteiger partial charge in [0.15, 0.2) is 0 Å². The standard InChI is InChI=1S/C13H18N2O3/c1-3-13(4-2,8-14)15-11(16)7-10-9(12(15)17)5-6-18-10/h5-6H,3-4,7-8,14H2,1-2H3. The van der Waals surface area contributed by atoms with Crippen LogP contribution in [-0.2, 0) is 11.2 Å². The summed E-state index contributed by atoms with van der Waals surface area (Å²) in [7, 11) is 0. The molecule has 0 radical (unpaired) electrons. The fourth-order valence-electron chi connectivity index (χ4n) is 2.54. The first kappa shape index (κ1) is 12.8. The monoisotopic (exact) mass is 250 g/mol. The topological polar surface area (TPSA) is 76.5 Å². The van der Waals surface area contributed by atoms with Gasteiger partial charge in [0.2, 0.25) is 5.91 Å². The average Bonchev–Trinajstić information content (AvgIpc) is 2.83. The van der Waals surface area contributed by atoms with Crippen molar-refractivity contribution < 1.29 is 14.0 Å². The number of rotatable bonds is 4. The first-order valence-electron chi connectivity index (χ1n) is 6.23. The Morgan fingerprint density at radius 2 is 2.06 bits per heavy atom. The number of hydrogen-bond acceptors (Lipinski definition) is 4. The van der Waals surface area contributed by atoms with E-state index in [1.165, 1.54) is 11.2 Å². The molecule has 0 atom stereocenters. The van der Waals surface area contributed by atoms with Crippen LogP contribution in [0.1, 0.15) is 42.8 Å². The highest BCUT2D eigenvalue weighted by atomic mass is 16.3. The van der Waals surface area contributed by atoms with E-state index in [1.807, 2.05) is 13.8 Å². The van der Waals surface area contributed by atoms with Gasteiger partial charge in [-0.25, -0.2) is 0 Å². The van der Waals surface area contributed by atoms with Gasteiger partial charge in [-0.05, 0) is 18.9 Å². The van der Waals surface area contributed by atoms with Crippen LogP contribution in [0.2, 0.25) is 0 Å². The number of amides is 2. The lowest BCUT2D eigenvalue weighted by atomic mass is 9.88. The molecule has 0 aliphatic carbocycles. The minimum absolute atomic E-state index is 0.135. The van der Waals surface area contributed by atoms with Crippen LogP contribution in [0.25, 0.3) is 0 Å². The summed E-state index contributed by atoms with van der Waals surface area (Å²) in [5, 5.41) is 0. The van der Waals surface area contributed by atoms with E-state index in [4.69, 9.17) is 10.2 Å². The molecule has 0 aromatic carbocycles. The van der Waals surface area contributed by atoms with E-state index in [0.29, 0.717) is 24.2 Å². The Labute approximate surface area is 106 Å². The van der Waals surface area contributed by atoms with Crippen molar-refractivity contribution in [1.29, 1.82) is 0 Å². The van der Waals surface area contributed by atoms with Crippen molar-refractivity contribution in [3.63, 3.8) is 0 Å². The second kappa shape index (κ2) is 4.57. The van der Waals surface area contributed by atoms with Crippen molar-refractivity contribution in [1.82, 2.24) is 4.90 Å². The van der Waals surface area contributed by atoms with Crippen molar-refractivity contribution in [2.45, 2.75) is 38.6 Å². The van der Waals surface area contributed by atoms with Crippen LogP contribution in [-0.4, -0.2) is 28.8 Å². The lowest BCUT2D eigenvalue weighted by Crippen LogP contribution is -2.60. The first-order chi connectivity index (χ1) is 8.59. The molecule has 0 spiro atoms. The van der Waals surface area contributed by atoms with E-state index in [2.05, 4.69) is 0 Å². The molecule has 0 bridgehead atoms. The number of nitrogens with two attached hydrogens (primary N) is 1. The number of nitrogens with zero attached hydrogens (tertiary/aromatic N) is 1. The SMILES string of the molecule is CCC(CC)(CN)N1C(=O)Cc2occc2C1=O. The third-order valence-electron chi connectivity index (χ3n) is 3.91. The largest absolute Gasteiger partial charge is 0.468 e. The highest BCUT2D eigenvalue weighted by Crippen LogP contribution is 2.30. The predicted octanol–water partition coefficient (Wildman–Crippen LogP) is 1.32. The normalized spacial score (nSPS) is 16.1. The predicted molar refractivity (Wildman–Crippen MR) is 66.0 cm³/mol. The van der Waals surface area contributed by atoms with Crippen LogP contribution in [0.5, 0.6) is 0 Å². The maximum atomic E-state index is 12.4. The maximum absolute atomic E-state index is 12.4. The molecule has 5 heteroatoms. The van der Waals surface area contributed by atoms with Gasteiger partial charge in [0.25, 0.3) is 5.91 Å². The van der Waals surface area contributed by atoms with E-state index in [-0.39, 0.29) is 24.8 Å². The molecule has 0 unspecified atom stereocenters. The van der Waals surface area contributed by atoms with Crippen molar-refractivity contribution in [2.75, 3.05) is 6.54 Å². The molecule has 2 amide bonds. The van der Waals surface area contributed by atoms with E-state index in [0.717, 1.165) is 0 Å². The molecule has 1 aromatic heterocycles. The number of fused-ring (bicyclic) bond motifs is 1. The van der Waals surface area contributed by atoms with Crippen molar-refractivity contribution in [3.05, 3.63) is 23.7 Å². The van der Waals surface area contributed by atoms with Gasteiger partial charge < -0.3 is 10.2 Å². The summed E-state index contributed by atoms with van der Waals surface area (Å²) < 4.78 is 5.16.